The lowest BCUT2D eigenvalue weighted by atomic mass is 9.94. The number of carbonyl (C=O) groups excluding carboxylic acids is 1. The minimum atomic E-state index is -0.636. The molecule has 0 unspecified atom stereocenters. The highest BCUT2D eigenvalue weighted by Gasteiger charge is 2.34. The van der Waals surface area contributed by atoms with Gasteiger partial charge in [-0.1, -0.05) is 82.5 Å². The Morgan fingerprint density at radius 2 is 1.67 bits per heavy atom. The lowest BCUT2D eigenvalue weighted by Crippen LogP contribution is -2.43. The minimum Gasteiger partial charge on any atom is -0.340 e. The molecule has 1 atom stereocenters. The first-order chi connectivity index (χ1) is 21.6. The molecule has 3 aromatic carbocycles. The topological polar surface area (TPSA) is 59.6 Å². The van der Waals surface area contributed by atoms with Gasteiger partial charge in [0, 0.05) is 56.9 Å². The van der Waals surface area contributed by atoms with Gasteiger partial charge in [-0.25, -0.2) is 4.99 Å². The number of para-hydroxylation sites is 1. The van der Waals surface area contributed by atoms with E-state index in [1.165, 1.54) is 11.3 Å². The Balaban J connectivity index is 1.54. The van der Waals surface area contributed by atoms with Crippen LogP contribution in [-0.4, -0.2) is 33.0 Å². The molecule has 0 radical (unpaired) electrons. The van der Waals surface area contributed by atoms with Crippen molar-refractivity contribution in [2.45, 2.75) is 40.3 Å². The van der Waals surface area contributed by atoms with E-state index in [0.717, 1.165) is 33.3 Å². The van der Waals surface area contributed by atoms with E-state index in [-0.39, 0.29) is 11.5 Å². The molecule has 0 N–H and O–H groups in total. The first kappa shape index (κ1) is 31.4. The number of likely N-dealkylation sites (N-methyl/N-ethyl adjacent to an activating group) is 1. The zero-order valence-corrected chi connectivity index (χ0v) is 28.4. The summed E-state index contributed by atoms with van der Waals surface area (Å²) in [5.41, 5.74) is 5.61. The van der Waals surface area contributed by atoms with E-state index in [1.54, 1.807) is 27.7 Å². The average molecular weight is 678 g/mol. The second-order valence-electron chi connectivity index (χ2n) is 10.9. The predicted molar refractivity (Wildman–Crippen MR) is 185 cm³/mol. The van der Waals surface area contributed by atoms with Crippen molar-refractivity contribution in [3.8, 4) is 0 Å². The van der Waals surface area contributed by atoms with Gasteiger partial charge in [-0.05, 0) is 75.2 Å². The third-order valence-electron chi connectivity index (χ3n) is 8.39. The van der Waals surface area contributed by atoms with Crippen LogP contribution in [0.4, 0.5) is 0 Å². The van der Waals surface area contributed by atoms with Gasteiger partial charge >= 0.3 is 0 Å². The van der Waals surface area contributed by atoms with Crippen LogP contribution in [0.5, 0.6) is 0 Å². The van der Waals surface area contributed by atoms with Crippen molar-refractivity contribution in [2.24, 2.45) is 4.99 Å². The third kappa shape index (κ3) is 5.67. The Labute approximate surface area is 280 Å². The molecule has 0 spiro atoms. The molecular formula is C35H31Cl3N4O2S. The molecular weight excluding hydrogens is 647 g/mol. The van der Waals surface area contributed by atoms with E-state index in [2.05, 4.69) is 16.7 Å². The fourth-order valence-corrected chi connectivity index (χ4v) is 7.65. The predicted octanol–water partition coefficient (Wildman–Crippen LogP) is 7.38. The van der Waals surface area contributed by atoms with Crippen LogP contribution in [0, 0.1) is 6.92 Å². The van der Waals surface area contributed by atoms with E-state index in [9.17, 15) is 9.59 Å². The van der Waals surface area contributed by atoms with Gasteiger partial charge in [-0.3, -0.25) is 14.2 Å². The lowest BCUT2D eigenvalue weighted by molar-refractivity contribution is -0.127. The van der Waals surface area contributed by atoms with Crippen LogP contribution in [-0.2, 0) is 11.3 Å². The van der Waals surface area contributed by atoms with Gasteiger partial charge in [0.1, 0.15) is 0 Å². The van der Waals surface area contributed by atoms with Gasteiger partial charge in [0.15, 0.2) is 4.80 Å². The van der Waals surface area contributed by atoms with Crippen molar-refractivity contribution in [1.82, 2.24) is 14.0 Å². The molecule has 0 aliphatic carbocycles. The zero-order chi connectivity index (χ0) is 32.0. The number of fused-ring (bicyclic) bond motifs is 2. The Morgan fingerprint density at radius 1 is 0.978 bits per heavy atom. The number of nitrogens with zero attached hydrogens (tertiary/aromatic N) is 4. The quantitative estimate of drug-likeness (QED) is 0.181. The average Bonchev–Trinajstić information content (AvgIpc) is 3.47. The molecule has 5 aromatic rings. The summed E-state index contributed by atoms with van der Waals surface area (Å²) in [5, 5.41) is 2.79. The zero-order valence-electron chi connectivity index (χ0n) is 25.3. The third-order valence-corrected chi connectivity index (χ3v) is 10.2. The molecule has 0 saturated heterocycles. The maximum Gasteiger partial charge on any atom is 0.271 e. The summed E-state index contributed by atoms with van der Waals surface area (Å²) in [6.07, 6.45) is 1.95. The molecule has 1 amide bonds. The van der Waals surface area contributed by atoms with Crippen molar-refractivity contribution in [1.29, 1.82) is 0 Å². The van der Waals surface area contributed by atoms with Gasteiger partial charge in [0.2, 0.25) is 0 Å². The fourth-order valence-electron chi connectivity index (χ4n) is 6.03. The van der Waals surface area contributed by atoms with Crippen molar-refractivity contribution < 1.29 is 4.79 Å². The number of rotatable bonds is 7. The number of amides is 1. The molecule has 1 aliphatic heterocycles. The monoisotopic (exact) mass is 676 g/mol. The molecule has 0 fully saturated rings. The number of hydrogen-bond donors (Lipinski definition) is 0. The first-order valence-electron chi connectivity index (χ1n) is 14.7. The van der Waals surface area contributed by atoms with Crippen LogP contribution >= 0.6 is 46.1 Å². The molecule has 6 rings (SSSR count). The molecule has 3 heterocycles. The van der Waals surface area contributed by atoms with Crippen molar-refractivity contribution in [3.63, 3.8) is 0 Å². The number of halogens is 3. The number of allylic oxidation sites excluding steroid dienone is 1. The molecule has 10 heteroatoms. The maximum absolute atomic E-state index is 14.3. The van der Waals surface area contributed by atoms with Crippen LogP contribution in [0.15, 0.2) is 87.8 Å². The normalized spacial score (nSPS) is 15.0. The Hall–Kier alpha value is -3.62. The van der Waals surface area contributed by atoms with Gasteiger partial charge < -0.3 is 9.47 Å². The van der Waals surface area contributed by atoms with Crippen LogP contribution in [0.3, 0.4) is 0 Å². The second kappa shape index (κ2) is 12.6. The molecule has 0 saturated carbocycles. The van der Waals surface area contributed by atoms with Gasteiger partial charge in [0.05, 0.1) is 21.8 Å². The van der Waals surface area contributed by atoms with Crippen LogP contribution in [0.1, 0.15) is 49.2 Å². The van der Waals surface area contributed by atoms with Crippen LogP contribution in [0.25, 0.3) is 17.0 Å². The minimum absolute atomic E-state index is 0.129. The van der Waals surface area contributed by atoms with Crippen LogP contribution in [0.2, 0.25) is 15.1 Å². The summed E-state index contributed by atoms with van der Waals surface area (Å²) in [6, 6.07) is 20.3. The molecule has 6 nitrogen and oxygen atoms in total. The maximum atomic E-state index is 14.3. The van der Waals surface area contributed by atoms with Crippen molar-refractivity contribution in [2.75, 3.05) is 13.1 Å². The summed E-state index contributed by atoms with van der Waals surface area (Å²) in [5.74, 6) is -0.129. The van der Waals surface area contributed by atoms with Gasteiger partial charge in [-0.2, -0.15) is 0 Å². The number of hydrogen-bond acceptors (Lipinski definition) is 4. The van der Waals surface area contributed by atoms with E-state index >= 15 is 0 Å². The smallest absolute Gasteiger partial charge is 0.271 e. The molecule has 45 heavy (non-hydrogen) atoms. The van der Waals surface area contributed by atoms with Crippen molar-refractivity contribution in [3.05, 3.63) is 135 Å². The van der Waals surface area contributed by atoms with E-state index < -0.39 is 6.04 Å². The SMILES string of the molecule is CCN(CC)C(=O)C1=C(C)N=c2s/c(=C/c3c(C)n(Cc4ccc(Cl)cc4Cl)c4ccccc34)c(=O)n2[C@H]1c1ccc(Cl)cc1. The highest BCUT2D eigenvalue weighted by Crippen LogP contribution is 2.33. The molecule has 1 aliphatic rings. The molecule has 2 aromatic heterocycles. The number of carbonyl (C=O) groups is 1. The van der Waals surface area contributed by atoms with E-state index in [1.807, 2.05) is 70.2 Å². The number of aromatic nitrogens is 2. The van der Waals surface area contributed by atoms with Gasteiger partial charge in [-0.15, -0.1) is 0 Å². The summed E-state index contributed by atoms with van der Waals surface area (Å²) in [4.78, 5) is 35.3. The number of benzene rings is 3. The second-order valence-corrected chi connectivity index (χ2v) is 13.2. The largest absolute Gasteiger partial charge is 0.340 e. The molecule has 0 bridgehead atoms. The molecule has 230 valence electrons. The van der Waals surface area contributed by atoms with E-state index in [0.29, 0.717) is 55.3 Å². The first-order valence-corrected chi connectivity index (χ1v) is 16.7. The highest BCUT2D eigenvalue weighted by molar-refractivity contribution is 7.07. The number of thiazole rings is 1. The Bertz CT molecular complexity index is 2170. The van der Waals surface area contributed by atoms with Gasteiger partial charge in [0.25, 0.3) is 11.5 Å². The standard InChI is InChI=1S/C35H31Cl3N4O2S/c1-5-40(6-2)34(44)31-20(3)39-35-42(32(31)22-11-14-24(36)15-12-22)33(43)30(45-35)18-27-21(4)41(29-10-8-7-9-26(27)29)19-23-13-16-25(37)17-28(23)38/h7-18,32H,5-6,19H2,1-4H3/b30-18+/t32-/m0/s1. The Morgan fingerprint density at radius 3 is 2.36 bits per heavy atom. The highest BCUT2D eigenvalue weighted by atomic mass is 35.5. The summed E-state index contributed by atoms with van der Waals surface area (Å²) >= 11 is 20.3. The Kier molecular flexibility index (Phi) is 8.81. The fraction of sp³-hybridized carbons (Fsp3) is 0.229. The van der Waals surface area contributed by atoms with Crippen molar-refractivity contribution >= 4 is 69.0 Å². The lowest BCUT2D eigenvalue weighted by Gasteiger charge is -2.29. The summed E-state index contributed by atoms with van der Waals surface area (Å²) in [6.45, 7) is 9.44. The van der Waals surface area contributed by atoms with E-state index in [4.69, 9.17) is 39.8 Å². The van der Waals surface area contributed by atoms with Crippen LogP contribution < -0.4 is 14.9 Å². The summed E-state index contributed by atoms with van der Waals surface area (Å²) < 4.78 is 4.40. The summed E-state index contributed by atoms with van der Waals surface area (Å²) in [7, 11) is 0.